The Morgan fingerprint density at radius 2 is 1.79 bits per heavy atom. The lowest BCUT2D eigenvalue weighted by atomic mass is 10.0. The molecular weight excluding hydrogens is 523 g/mol. The molecule has 38 heavy (non-hydrogen) atoms. The number of hydrogen-bond donors (Lipinski definition) is 2. The van der Waals surface area contributed by atoms with Crippen LogP contribution in [0.1, 0.15) is 40.2 Å². The van der Waals surface area contributed by atoms with Crippen molar-refractivity contribution in [3.05, 3.63) is 81.3 Å². The van der Waals surface area contributed by atoms with E-state index in [2.05, 4.69) is 10.4 Å². The van der Waals surface area contributed by atoms with Crippen LogP contribution in [0.15, 0.2) is 75.8 Å². The van der Waals surface area contributed by atoms with Gasteiger partial charge in [0.2, 0.25) is 5.91 Å². The molecule has 0 saturated heterocycles. The van der Waals surface area contributed by atoms with Crippen molar-refractivity contribution in [3.8, 4) is 0 Å². The molecule has 0 spiro atoms. The lowest BCUT2D eigenvalue weighted by molar-refractivity contribution is -0.123. The number of hydrazone groups is 1. The van der Waals surface area contributed by atoms with Crippen molar-refractivity contribution in [2.75, 3.05) is 14.2 Å². The topological polar surface area (TPSA) is 91.2 Å². The number of amides is 1. The van der Waals surface area contributed by atoms with Crippen molar-refractivity contribution < 1.29 is 32.6 Å². The number of hydrogen-bond acceptors (Lipinski definition) is 5. The van der Waals surface area contributed by atoms with Gasteiger partial charge >= 0.3 is 6.18 Å². The number of nitrogens with one attached hydrogen (secondary N) is 1. The maximum atomic E-state index is 13.9. The van der Waals surface area contributed by atoms with E-state index < -0.39 is 29.4 Å². The largest absolute Gasteiger partial charge is 0.501 e. The van der Waals surface area contributed by atoms with Gasteiger partial charge in [-0.1, -0.05) is 35.9 Å². The van der Waals surface area contributed by atoms with Crippen LogP contribution in [0.4, 0.5) is 13.2 Å². The number of methoxy groups -OCH3 is 1. The summed E-state index contributed by atoms with van der Waals surface area (Å²) >= 11 is 5.85. The summed E-state index contributed by atoms with van der Waals surface area (Å²) in [4.78, 5) is 21.2. The third-order valence-electron chi connectivity index (χ3n) is 5.15. The number of ether oxygens (including phenoxy) is 1. The smallest absolute Gasteiger partial charge is 0.433 e. The normalized spacial score (nSPS) is 14.2. The second-order valence-electron chi connectivity index (χ2n) is 8.02. The van der Waals surface area contributed by atoms with Gasteiger partial charge in [-0.15, -0.1) is 0 Å². The zero-order valence-corrected chi connectivity index (χ0v) is 23.3. The third-order valence-corrected chi connectivity index (χ3v) is 5.40. The lowest BCUT2D eigenvalue weighted by Gasteiger charge is -2.24. The summed E-state index contributed by atoms with van der Waals surface area (Å²) in [6.07, 6.45) is 2.30. The highest BCUT2D eigenvalue weighted by molar-refractivity contribution is 6.30. The van der Waals surface area contributed by atoms with Gasteiger partial charge in [-0.2, -0.15) is 18.3 Å². The molecule has 0 fully saturated rings. The van der Waals surface area contributed by atoms with Crippen LogP contribution in [0.2, 0.25) is 5.02 Å². The SMILES string of the molecule is C/C=C/C(C)=C(\C=C(/C)OC)C(C)NC(=O)/C(C)=C(/N(C)/N=C/Cc1ccc(Cl)cc1)C(F)(F)F.O=CO. The van der Waals surface area contributed by atoms with Crippen LogP contribution in [-0.2, 0) is 20.7 Å². The molecular formula is C27H35ClF3N3O4. The van der Waals surface area contributed by atoms with Gasteiger partial charge in [0.25, 0.3) is 6.47 Å². The third kappa shape index (κ3) is 12.1. The zero-order chi connectivity index (χ0) is 29.5. The van der Waals surface area contributed by atoms with Gasteiger partial charge in [0.05, 0.1) is 18.9 Å². The fourth-order valence-electron chi connectivity index (χ4n) is 3.28. The quantitative estimate of drug-likeness (QED) is 0.0881. The van der Waals surface area contributed by atoms with Crippen LogP contribution >= 0.6 is 11.6 Å². The number of carbonyl (C=O) groups excluding carboxylic acids is 1. The molecule has 0 heterocycles. The molecule has 0 bridgehead atoms. The molecule has 0 radical (unpaired) electrons. The van der Waals surface area contributed by atoms with Crippen molar-refractivity contribution in [1.82, 2.24) is 10.3 Å². The molecule has 0 aromatic heterocycles. The Morgan fingerprint density at radius 1 is 1.24 bits per heavy atom. The van der Waals surface area contributed by atoms with Crippen molar-refractivity contribution >= 4 is 30.2 Å². The van der Waals surface area contributed by atoms with E-state index in [1.165, 1.54) is 13.3 Å². The van der Waals surface area contributed by atoms with Crippen molar-refractivity contribution in [1.29, 1.82) is 0 Å². The minimum absolute atomic E-state index is 0.250. The van der Waals surface area contributed by atoms with Gasteiger partial charge in [-0.3, -0.25) is 14.6 Å². The molecule has 0 aliphatic heterocycles. The second kappa shape index (κ2) is 17.1. The first-order chi connectivity index (χ1) is 17.7. The van der Waals surface area contributed by atoms with Gasteiger partial charge in [-0.05, 0) is 69.5 Å². The van der Waals surface area contributed by atoms with Gasteiger partial charge in [0, 0.05) is 30.3 Å². The van der Waals surface area contributed by atoms with Crippen LogP contribution in [0.5, 0.6) is 0 Å². The average molecular weight is 558 g/mol. The molecule has 11 heteroatoms. The summed E-state index contributed by atoms with van der Waals surface area (Å²) < 4.78 is 46.9. The molecule has 7 nitrogen and oxygen atoms in total. The standard InChI is InChI=1S/C26H33ClF3N3O2.CH2O2/c1-8-9-17(2)23(16-18(3)35-7)20(5)32-25(34)19(4)24(26(28,29)30)33(6)31-15-14-21-10-12-22(27)13-11-21;2-1-3/h8-13,15-16,20H,14H2,1-7H3,(H,32,34);1H,(H,2,3)/b9-8+,18-16+,23-17+,24-19+,31-15+;. The molecule has 0 saturated carbocycles. The molecule has 2 N–H and O–H groups in total. The van der Waals surface area contributed by atoms with Crippen molar-refractivity contribution in [2.45, 2.75) is 53.3 Å². The highest BCUT2D eigenvalue weighted by atomic mass is 35.5. The van der Waals surface area contributed by atoms with Crippen LogP contribution in [-0.4, -0.2) is 55.1 Å². The van der Waals surface area contributed by atoms with E-state index in [0.717, 1.165) is 25.1 Å². The number of allylic oxidation sites excluding steroid dienone is 5. The number of carboxylic acid groups (broad SMARTS) is 1. The molecule has 1 rings (SSSR count). The van der Waals surface area contributed by atoms with Gasteiger partial charge in [0.1, 0.15) is 5.70 Å². The number of rotatable bonds is 10. The highest BCUT2D eigenvalue weighted by Crippen LogP contribution is 2.31. The highest BCUT2D eigenvalue weighted by Gasteiger charge is 2.40. The molecule has 0 aliphatic carbocycles. The van der Waals surface area contributed by atoms with E-state index in [4.69, 9.17) is 26.2 Å². The van der Waals surface area contributed by atoms with E-state index in [1.807, 2.05) is 26.0 Å². The molecule has 1 amide bonds. The van der Waals surface area contributed by atoms with Crippen LogP contribution in [0.3, 0.4) is 0 Å². The minimum Gasteiger partial charge on any atom is -0.501 e. The maximum Gasteiger partial charge on any atom is 0.433 e. The molecule has 1 aromatic carbocycles. The van der Waals surface area contributed by atoms with E-state index in [9.17, 15) is 18.0 Å². The Balaban J connectivity index is 0.00000434. The average Bonchev–Trinajstić information content (AvgIpc) is 2.83. The summed E-state index contributed by atoms with van der Waals surface area (Å²) in [5, 5.41) is 14.7. The number of halogens is 4. The molecule has 1 atom stereocenters. The molecule has 1 unspecified atom stereocenters. The fourth-order valence-corrected chi connectivity index (χ4v) is 3.41. The maximum absolute atomic E-state index is 13.9. The summed E-state index contributed by atoms with van der Waals surface area (Å²) in [5.41, 5.74) is 0.757. The van der Waals surface area contributed by atoms with Crippen molar-refractivity contribution in [3.63, 3.8) is 0 Å². The first kappa shape index (κ1) is 34.5. The molecule has 1 aromatic rings. The van der Waals surface area contributed by atoms with Crippen LogP contribution in [0.25, 0.3) is 0 Å². The van der Waals surface area contributed by atoms with E-state index in [0.29, 0.717) is 27.8 Å². The Bertz CT molecular complexity index is 1080. The Kier molecular flexibility index (Phi) is 15.5. The summed E-state index contributed by atoms with van der Waals surface area (Å²) in [7, 11) is 2.68. The number of nitrogens with zero attached hydrogens (tertiary/aromatic N) is 2. The first-order valence-corrected chi connectivity index (χ1v) is 11.8. The van der Waals surface area contributed by atoms with E-state index in [1.54, 1.807) is 44.2 Å². The monoisotopic (exact) mass is 557 g/mol. The summed E-state index contributed by atoms with van der Waals surface area (Å²) in [6, 6.07) is 6.32. The van der Waals surface area contributed by atoms with E-state index in [-0.39, 0.29) is 6.47 Å². The Morgan fingerprint density at radius 3 is 2.26 bits per heavy atom. The Hall–Kier alpha value is -3.53. The number of carbonyl (C=O) groups is 2. The predicted octanol–water partition coefficient (Wildman–Crippen LogP) is 6.28. The second-order valence-corrected chi connectivity index (χ2v) is 8.46. The van der Waals surface area contributed by atoms with Crippen LogP contribution < -0.4 is 5.32 Å². The molecule has 210 valence electrons. The zero-order valence-electron chi connectivity index (χ0n) is 22.6. The van der Waals surface area contributed by atoms with Gasteiger partial charge < -0.3 is 15.2 Å². The fraction of sp³-hybridized carbons (Fsp3) is 0.370. The number of benzene rings is 1. The van der Waals surface area contributed by atoms with Crippen molar-refractivity contribution in [2.24, 2.45) is 5.10 Å². The molecule has 0 aliphatic rings. The first-order valence-electron chi connectivity index (χ1n) is 11.5. The lowest BCUT2D eigenvalue weighted by Crippen LogP contribution is -2.37. The summed E-state index contributed by atoms with van der Waals surface area (Å²) in [6.45, 7) is 8.04. The van der Waals surface area contributed by atoms with Gasteiger partial charge in [0.15, 0.2) is 0 Å². The summed E-state index contributed by atoms with van der Waals surface area (Å²) in [5.74, 6) is -0.248. The Labute approximate surface area is 227 Å². The van der Waals surface area contributed by atoms with Gasteiger partial charge in [-0.25, -0.2) is 0 Å². The van der Waals surface area contributed by atoms with Crippen LogP contribution in [0, 0.1) is 0 Å². The minimum atomic E-state index is -4.79. The number of alkyl halides is 3. The van der Waals surface area contributed by atoms with E-state index >= 15 is 0 Å². The predicted molar refractivity (Wildman–Crippen MR) is 145 cm³/mol.